The number of nitrogens with zero attached hydrogens (tertiary/aromatic N) is 4. The van der Waals surface area contributed by atoms with Gasteiger partial charge >= 0.3 is 0 Å². The maximum Gasteiger partial charge on any atom is 0.271 e. The Hall–Kier alpha value is -2.76. The third kappa shape index (κ3) is 4.47. The molecular weight excluding hydrogens is 478 g/mol. The number of rotatable bonds is 6. The molecule has 4 rings (SSSR count). The van der Waals surface area contributed by atoms with Gasteiger partial charge in [-0.25, -0.2) is 13.4 Å². The van der Waals surface area contributed by atoms with Crippen molar-refractivity contribution >= 4 is 43.0 Å². The van der Waals surface area contributed by atoms with Crippen molar-refractivity contribution in [3.05, 3.63) is 70.5 Å². The number of hydrogen-bond donors (Lipinski definition) is 1. The highest BCUT2D eigenvalue weighted by Gasteiger charge is 2.16. The molecule has 0 aliphatic carbocycles. The van der Waals surface area contributed by atoms with Crippen molar-refractivity contribution in [2.45, 2.75) is 11.1 Å². The molecule has 148 valence electrons. The number of benzene rings is 1. The van der Waals surface area contributed by atoms with Gasteiger partial charge in [-0.1, -0.05) is 0 Å². The Morgan fingerprint density at radius 2 is 1.86 bits per heavy atom. The van der Waals surface area contributed by atoms with Gasteiger partial charge in [0.2, 0.25) is 5.88 Å². The van der Waals surface area contributed by atoms with Gasteiger partial charge in [-0.2, -0.15) is 0 Å². The number of imidazole rings is 1. The zero-order valence-electron chi connectivity index (χ0n) is 15.0. The van der Waals surface area contributed by atoms with Gasteiger partial charge in [-0.3, -0.25) is 9.29 Å². The van der Waals surface area contributed by atoms with Gasteiger partial charge in [0.15, 0.2) is 5.82 Å². The number of aromatic nitrogens is 4. The summed E-state index contributed by atoms with van der Waals surface area (Å²) in [6.45, 7) is 1.87. The number of aryl methyl sites for hydroxylation is 1. The van der Waals surface area contributed by atoms with E-state index < -0.39 is 10.0 Å². The summed E-state index contributed by atoms with van der Waals surface area (Å²) in [5.41, 5.74) is 0.430. The molecule has 0 saturated carbocycles. The molecule has 0 bridgehead atoms. The second kappa shape index (κ2) is 7.93. The van der Waals surface area contributed by atoms with Gasteiger partial charge in [-0.15, -0.1) is 21.5 Å². The van der Waals surface area contributed by atoms with Crippen LogP contribution in [0.25, 0.3) is 5.82 Å². The second-order valence-electron chi connectivity index (χ2n) is 5.86. The van der Waals surface area contributed by atoms with Crippen molar-refractivity contribution in [2.24, 2.45) is 0 Å². The van der Waals surface area contributed by atoms with Crippen LogP contribution in [-0.4, -0.2) is 28.2 Å². The Labute approximate surface area is 179 Å². The first-order valence-corrected chi connectivity index (χ1v) is 11.4. The molecule has 0 spiro atoms. The summed E-state index contributed by atoms with van der Waals surface area (Å²) in [4.78, 5) is 4.15. The number of anilines is 1. The quantitative estimate of drug-likeness (QED) is 0.429. The molecule has 0 fully saturated rings. The highest BCUT2D eigenvalue weighted by Crippen LogP contribution is 2.28. The maximum absolute atomic E-state index is 12.4. The molecule has 0 unspecified atom stereocenters. The van der Waals surface area contributed by atoms with E-state index in [1.54, 1.807) is 60.9 Å². The average molecular weight is 492 g/mol. The monoisotopic (exact) mass is 491 g/mol. The molecule has 1 N–H and O–H groups in total. The zero-order chi connectivity index (χ0) is 20.4. The Morgan fingerprint density at radius 3 is 2.45 bits per heavy atom. The Bertz CT molecular complexity index is 1240. The molecule has 0 saturated heterocycles. The number of ether oxygens (including phenoxy) is 1. The average Bonchev–Trinajstić information content (AvgIpc) is 3.33. The van der Waals surface area contributed by atoms with E-state index in [0.717, 1.165) is 20.9 Å². The highest BCUT2D eigenvalue weighted by molar-refractivity contribution is 9.11. The van der Waals surface area contributed by atoms with Crippen LogP contribution < -0.4 is 9.46 Å². The van der Waals surface area contributed by atoms with Crippen LogP contribution in [0.1, 0.15) is 5.82 Å². The fraction of sp³-hybridized carbons (Fsp3) is 0.0556. The standard InChI is InChI=1S/C18H14BrN5O3S2/c1-12-20-10-11-24(12)16-7-8-17(22-21-16)27-14-4-2-13(3-5-14)23-29(25,26)18-9-6-15(19)28-18/h2-11,23H,1H3. The van der Waals surface area contributed by atoms with E-state index in [4.69, 9.17) is 4.74 Å². The topological polar surface area (TPSA) is 99.0 Å². The van der Waals surface area contributed by atoms with Gasteiger partial charge in [-0.05, 0) is 65.3 Å². The minimum absolute atomic E-state index is 0.230. The summed E-state index contributed by atoms with van der Waals surface area (Å²) in [5, 5.41) is 8.19. The summed E-state index contributed by atoms with van der Waals surface area (Å²) in [6.07, 6.45) is 3.49. The third-order valence-corrected chi connectivity index (χ3v) is 7.34. The van der Waals surface area contributed by atoms with Crippen LogP contribution in [0.5, 0.6) is 11.6 Å². The number of hydrogen-bond acceptors (Lipinski definition) is 7. The molecule has 0 aliphatic heterocycles. The molecule has 0 amide bonds. The van der Waals surface area contributed by atoms with E-state index >= 15 is 0 Å². The maximum atomic E-state index is 12.4. The first-order chi connectivity index (χ1) is 13.9. The summed E-state index contributed by atoms with van der Waals surface area (Å²) in [6, 6.07) is 13.2. The van der Waals surface area contributed by atoms with E-state index in [1.165, 1.54) is 0 Å². The van der Waals surface area contributed by atoms with Crippen LogP contribution in [-0.2, 0) is 10.0 Å². The van der Waals surface area contributed by atoms with Gasteiger partial charge in [0.1, 0.15) is 15.8 Å². The smallest absolute Gasteiger partial charge is 0.271 e. The predicted octanol–water partition coefficient (Wildman–Crippen LogP) is 4.39. The minimum atomic E-state index is -3.63. The predicted molar refractivity (Wildman–Crippen MR) is 113 cm³/mol. The van der Waals surface area contributed by atoms with E-state index in [1.807, 2.05) is 11.5 Å². The molecule has 0 atom stereocenters. The lowest BCUT2D eigenvalue weighted by Crippen LogP contribution is -2.11. The summed E-state index contributed by atoms with van der Waals surface area (Å²) < 4.78 is 35.7. The first kappa shape index (κ1) is 19.6. The summed E-state index contributed by atoms with van der Waals surface area (Å²) in [7, 11) is -3.63. The Kier molecular flexibility index (Phi) is 5.35. The number of nitrogens with one attached hydrogen (secondary N) is 1. The van der Waals surface area contributed by atoms with Crippen LogP contribution >= 0.6 is 27.3 Å². The SMILES string of the molecule is Cc1nccn1-c1ccc(Oc2ccc(NS(=O)(=O)c3ccc(Br)s3)cc2)nn1. The van der Waals surface area contributed by atoms with Crippen LogP contribution in [0, 0.1) is 6.92 Å². The normalized spacial score (nSPS) is 11.4. The van der Waals surface area contributed by atoms with Gasteiger partial charge in [0, 0.05) is 24.1 Å². The number of sulfonamides is 1. The number of thiophene rings is 1. The van der Waals surface area contributed by atoms with Crippen LogP contribution in [0.3, 0.4) is 0 Å². The van der Waals surface area contributed by atoms with Crippen LogP contribution in [0.2, 0.25) is 0 Å². The van der Waals surface area contributed by atoms with E-state index in [2.05, 4.69) is 35.8 Å². The van der Waals surface area contributed by atoms with Crippen molar-refractivity contribution in [3.63, 3.8) is 0 Å². The molecular formula is C18H14BrN5O3S2. The van der Waals surface area contributed by atoms with Crippen LogP contribution in [0.15, 0.2) is 68.9 Å². The summed E-state index contributed by atoms with van der Waals surface area (Å²) >= 11 is 4.40. The van der Waals surface area contributed by atoms with Crippen molar-refractivity contribution in [1.29, 1.82) is 0 Å². The molecule has 3 heterocycles. The lowest BCUT2D eigenvalue weighted by atomic mass is 10.3. The molecule has 0 radical (unpaired) electrons. The first-order valence-electron chi connectivity index (χ1n) is 8.31. The van der Waals surface area contributed by atoms with Gasteiger partial charge in [0.25, 0.3) is 10.0 Å². The second-order valence-corrected chi connectivity index (χ2v) is 10.2. The van der Waals surface area contributed by atoms with Gasteiger partial charge in [0.05, 0.1) is 3.79 Å². The Morgan fingerprint density at radius 1 is 1.07 bits per heavy atom. The van der Waals surface area contributed by atoms with Crippen molar-refractivity contribution < 1.29 is 13.2 Å². The van der Waals surface area contributed by atoms with Crippen molar-refractivity contribution in [2.75, 3.05) is 4.72 Å². The van der Waals surface area contributed by atoms with E-state index in [0.29, 0.717) is 23.1 Å². The fourth-order valence-corrected chi connectivity index (χ4v) is 5.54. The fourth-order valence-electron chi connectivity index (χ4n) is 2.48. The van der Waals surface area contributed by atoms with Crippen LogP contribution in [0.4, 0.5) is 5.69 Å². The van der Waals surface area contributed by atoms with Crippen molar-refractivity contribution in [1.82, 2.24) is 19.7 Å². The summed E-state index contributed by atoms with van der Waals surface area (Å²) in [5.74, 6) is 2.27. The van der Waals surface area contributed by atoms with Gasteiger partial charge < -0.3 is 4.74 Å². The minimum Gasteiger partial charge on any atom is -0.438 e. The molecule has 11 heteroatoms. The van der Waals surface area contributed by atoms with Crippen molar-refractivity contribution in [3.8, 4) is 17.4 Å². The molecule has 8 nitrogen and oxygen atoms in total. The third-order valence-electron chi connectivity index (χ3n) is 3.84. The molecule has 0 aliphatic rings. The molecule has 3 aromatic heterocycles. The molecule has 29 heavy (non-hydrogen) atoms. The molecule has 1 aromatic carbocycles. The Balaban J connectivity index is 1.44. The number of halogens is 1. The highest BCUT2D eigenvalue weighted by atomic mass is 79.9. The largest absolute Gasteiger partial charge is 0.438 e. The van der Waals surface area contributed by atoms with E-state index in [9.17, 15) is 8.42 Å². The lowest BCUT2D eigenvalue weighted by Gasteiger charge is -2.08. The van der Waals surface area contributed by atoms with E-state index in [-0.39, 0.29) is 4.21 Å². The molecule has 4 aromatic rings. The zero-order valence-corrected chi connectivity index (χ0v) is 18.2. The lowest BCUT2D eigenvalue weighted by molar-refractivity contribution is 0.454.